The second-order valence-electron chi connectivity index (χ2n) is 6.70. The van der Waals surface area contributed by atoms with Crippen LogP contribution in [0.5, 0.6) is 5.75 Å². The maximum absolute atomic E-state index is 12.7. The molecule has 6 heteroatoms. The van der Waals surface area contributed by atoms with Gasteiger partial charge in [0.05, 0.1) is 19.1 Å². The summed E-state index contributed by atoms with van der Waals surface area (Å²) in [6.07, 6.45) is 0. The number of hydrazine groups is 1. The first-order valence-electron chi connectivity index (χ1n) is 8.62. The van der Waals surface area contributed by atoms with Gasteiger partial charge in [0, 0.05) is 13.6 Å². The fourth-order valence-electron chi connectivity index (χ4n) is 3.83. The Morgan fingerprint density at radius 1 is 1.00 bits per heavy atom. The van der Waals surface area contributed by atoms with Gasteiger partial charge in [-0.05, 0) is 23.3 Å². The van der Waals surface area contributed by atoms with Crippen LogP contribution >= 0.6 is 0 Å². The highest BCUT2D eigenvalue weighted by Crippen LogP contribution is 2.40. The second-order valence-corrected chi connectivity index (χ2v) is 6.70. The summed E-state index contributed by atoms with van der Waals surface area (Å²) in [5.41, 5.74) is 5.45. The predicted octanol–water partition coefficient (Wildman–Crippen LogP) is 1.74. The molecule has 0 aliphatic carbocycles. The zero-order chi connectivity index (χ0) is 18.3. The van der Waals surface area contributed by atoms with E-state index in [9.17, 15) is 9.59 Å². The van der Waals surface area contributed by atoms with Crippen LogP contribution in [-0.2, 0) is 16.1 Å². The SMILES string of the molecule is COc1ccc([C@@H]2NN(Cc3ccccc3)[C@@H]3C(=O)N(C)C(=O)[C@@H]32)cc1. The molecular weight excluding hydrogens is 330 g/mol. The summed E-state index contributed by atoms with van der Waals surface area (Å²) in [6.45, 7) is 0.557. The van der Waals surface area contributed by atoms with Crippen molar-refractivity contribution in [2.24, 2.45) is 5.92 Å². The molecule has 6 nitrogen and oxygen atoms in total. The van der Waals surface area contributed by atoms with E-state index in [1.807, 2.05) is 59.6 Å². The average Bonchev–Trinajstić information content (AvgIpc) is 3.15. The highest BCUT2D eigenvalue weighted by Gasteiger charge is 2.57. The maximum Gasteiger partial charge on any atom is 0.248 e. The zero-order valence-corrected chi connectivity index (χ0v) is 14.8. The van der Waals surface area contributed by atoms with Gasteiger partial charge in [0.25, 0.3) is 0 Å². The van der Waals surface area contributed by atoms with Crippen molar-refractivity contribution in [3.8, 4) is 5.75 Å². The molecular formula is C20H21N3O3. The summed E-state index contributed by atoms with van der Waals surface area (Å²) in [7, 11) is 3.18. The van der Waals surface area contributed by atoms with Gasteiger partial charge in [-0.15, -0.1) is 0 Å². The van der Waals surface area contributed by atoms with E-state index in [1.54, 1.807) is 14.2 Å². The van der Waals surface area contributed by atoms with Gasteiger partial charge >= 0.3 is 0 Å². The first kappa shape index (κ1) is 16.8. The Labute approximate surface area is 152 Å². The van der Waals surface area contributed by atoms with Crippen molar-refractivity contribution in [3.63, 3.8) is 0 Å². The summed E-state index contributed by atoms with van der Waals surface area (Å²) in [5.74, 6) is 0.0447. The van der Waals surface area contributed by atoms with Crippen LogP contribution in [0.1, 0.15) is 17.2 Å². The van der Waals surface area contributed by atoms with E-state index < -0.39 is 12.0 Å². The Kier molecular flexibility index (Phi) is 4.22. The molecule has 0 radical (unpaired) electrons. The molecule has 0 saturated carbocycles. The highest BCUT2D eigenvalue weighted by atomic mass is 16.5. The number of methoxy groups -OCH3 is 1. The predicted molar refractivity (Wildman–Crippen MR) is 95.9 cm³/mol. The molecule has 2 aliphatic rings. The summed E-state index contributed by atoms with van der Waals surface area (Å²) >= 11 is 0. The molecule has 2 aromatic rings. The van der Waals surface area contributed by atoms with Crippen molar-refractivity contribution in [2.75, 3.05) is 14.2 Å². The number of hydrogen-bond donors (Lipinski definition) is 1. The molecule has 1 N–H and O–H groups in total. The number of ether oxygens (including phenoxy) is 1. The molecule has 134 valence electrons. The van der Waals surface area contributed by atoms with Gasteiger partial charge in [-0.1, -0.05) is 42.5 Å². The topological polar surface area (TPSA) is 61.9 Å². The lowest BCUT2D eigenvalue weighted by Gasteiger charge is -2.23. The van der Waals surface area contributed by atoms with Gasteiger partial charge in [-0.2, -0.15) is 0 Å². The largest absolute Gasteiger partial charge is 0.497 e. The van der Waals surface area contributed by atoms with E-state index >= 15 is 0 Å². The Morgan fingerprint density at radius 2 is 1.69 bits per heavy atom. The molecule has 26 heavy (non-hydrogen) atoms. The maximum atomic E-state index is 12.7. The molecule has 2 aromatic carbocycles. The van der Waals surface area contributed by atoms with Crippen molar-refractivity contribution in [1.29, 1.82) is 0 Å². The van der Waals surface area contributed by atoms with Crippen LogP contribution in [0.15, 0.2) is 54.6 Å². The molecule has 0 spiro atoms. The molecule has 2 fully saturated rings. The summed E-state index contributed by atoms with van der Waals surface area (Å²) in [4.78, 5) is 26.6. The summed E-state index contributed by atoms with van der Waals surface area (Å²) < 4.78 is 5.21. The van der Waals surface area contributed by atoms with Crippen LogP contribution in [0.2, 0.25) is 0 Å². The molecule has 3 atom stereocenters. The third-order valence-corrected chi connectivity index (χ3v) is 5.21. The van der Waals surface area contributed by atoms with Crippen molar-refractivity contribution >= 4 is 11.8 Å². The zero-order valence-electron chi connectivity index (χ0n) is 14.8. The van der Waals surface area contributed by atoms with Crippen LogP contribution in [0, 0.1) is 5.92 Å². The lowest BCUT2D eigenvalue weighted by molar-refractivity contribution is -0.139. The van der Waals surface area contributed by atoms with Crippen LogP contribution in [0.25, 0.3) is 0 Å². The Balaban J connectivity index is 1.67. The fraction of sp³-hybridized carbons (Fsp3) is 0.300. The van der Waals surface area contributed by atoms with Crippen molar-refractivity contribution in [1.82, 2.24) is 15.3 Å². The van der Waals surface area contributed by atoms with E-state index in [4.69, 9.17) is 4.74 Å². The standard InChI is InChI=1S/C20H21N3O3/c1-22-19(24)16-17(14-8-10-15(26-2)11-9-14)21-23(18(16)20(22)25)12-13-6-4-3-5-7-13/h3-11,16-18,21H,12H2,1-2H3/t16-,17+,18+/m1/s1. The third kappa shape index (κ3) is 2.67. The average molecular weight is 351 g/mol. The number of rotatable bonds is 4. The van der Waals surface area contributed by atoms with Crippen LogP contribution < -0.4 is 10.2 Å². The van der Waals surface area contributed by atoms with Gasteiger partial charge in [0.15, 0.2) is 0 Å². The smallest absolute Gasteiger partial charge is 0.248 e. The van der Waals surface area contributed by atoms with Crippen molar-refractivity contribution < 1.29 is 14.3 Å². The van der Waals surface area contributed by atoms with Crippen LogP contribution in [0.4, 0.5) is 0 Å². The minimum absolute atomic E-state index is 0.135. The van der Waals surface area contributed by atoms with Crippen molar-refractivity contribution in [2.45, 2.75) is 18.6 Å². The number of benzene rings is 2. The second kappa shape index (κ2) is 6.55. The number of nitrogens with zero attached hydrogens (tertiary/aromatic N) is 2. The number of likely N-dealkylation sites (tertiary alicyclic amines) is 1. The number of imide groups is 1. The number of hydrogen-bond acceptors (Lipinski definition) is 5. The normalized spacial score (nSPS) is 25.6. The molecule has 0 aromatic heterocycles. The molecule has 0 unspecified atom stereocenters. The van der Waals surface area contributed by atoms with Gasteiger partial charge in [0.2, 0.25) is 11.8 Å². The van der Waals surface area contributed by atoms with Crippen LogP contribution in [0.3, 0.4) is 0 Å². The number of carbonyl (C=O) groups excluding carboxylic acids is 2. The van der Waals surface area contributed by atoms with Gasteiger partial charge in [-0.3, -0.25) is 14.5 Å². The minimum atomic E-state index is -0.486. The minimum Gasteiger partial charge on any atom is -0.497 e. The number of fused-ring (bicyclic) bond motifs is 1. The monoisotopic (exact) mass is 351 g/mol. The van der Waals surface area contributed by atoms with Crippen molar-refractivity contribution in [3.05, 3.63) is 65.7 Å². The molecule has 2 aliphatic heterocycles. The van der Waals surface area contributed by atoms with E-state index in [-0.39, 0.29) is 17.9 Å². The quantitative estimate of drug-likeness (QED) is 0.851. The lowest BCUT2D eigenvalue weighted by atomic mass is 9.91. The molecule has 4 rings (SSSR count). The number of amides is 2. The first-order chi connectivity index (χ1) is 12.6. The molecule has 2 saturated heterocycles. The van der Waals surface area contributed by atoms with E-state index in [0.717, 1.165) is 16.9 Å². The van der Waals surface area contributed by atoms with Gasteiger partial charge < -0.3 is 4.74 Å². The first-order valence-corrected chi connectivity index (χ1v) is 8.62. The number of nitrogens with one attached hydrogen (secondary N) is 1. The highest BCUT2D eigenvalue weighted by molar-refractivity contribution is 6.07. The molecule has 2 amide bonds. The Morgan fingerprint density at radius 3 is 2.35 bits per heavy atom. The van der Waals surface area contributed by atoms with E-state index in [0.29, 0.717) is 6.54 Å². The molecule has 2 heterocycles. The summed E-state index contributed by atoms with van der Waals surface area (Å²) in [5, 5.41) is 1.90. The van der Waals surface area contributed by atoms with Gasteiger partial charge in [0.1, 0.15) is 11.8 Å². The third-order valence-electron chi connectivity index (χ3n) is 5.21. The van der Waals surface area contributed by atoms with E-state index in [2.05, 4.69) is 5.43 Å². The Bertz CT molecular complexity index is 822. The lowest BCUT2D eigenvalue weighted by Crippen LogP contribution is -2.43. The van der Waals surface area contributed by atoms with Gasteiger partial charge in [-0.25, -0.2) is 10.4 Å². The fourth-order valence-corrected chi connectivity index (χ4v) is 3.83. The number of carbonyl (C=O) groups is 2. The summed E-state index contributed by atoms with van der Waals surface area (Å²) in [6, 6.07) is 16.8. The molecule has 0 bridgehead atoms. The van der Waals surface area contributed by atoms with E-state index in [1.165, 1.54) is 4.90 Å². The Hall–Kier alpha value is -2.70. The number of likely N-dealkylation sites (N-methyl/N-ethyl adjacent to an activating group) is 1. The van der Waals surface area contributed by atoms with Crippen LogP contribution in [-0.4, -0.2) is 41.9 Å².